The van der Waals surface area contributed by atoms with Crippen molar-refractivity contribution in [3.8, 4) is 0 Å². The third-order valence-electron chi connectivity index (χ3n) is 4.03. The first kappa shape index (κ1) is 15.5. The Hall–Kier alpha value is -1.88. The zero-order valence-electron chi connectivity index (χ0n) is 13.1. The number of pyridine rings is 1. The molecule has 0 bridgehead atoms. The first-order chi connectivity index (χ1) is 9.88. The van der Waals surface area contributed by atoms with Crippen LogP contribution in [0.2, 0.25) is 0 Å². The average molecular weight is 289 g/mol. The minimum Gasteiger partial charge on any atom is -0.478 e. The molecule has 1 aromatic rings. The number of hydrogen-bond donors (Lipinski definition) is 1. The average Bonchev–Trinajstić information content (AvgIpc) is 2.78. The van der Waals surface area contributed by atoms with Crippen molar-refractivity contribution in [1.29, 1.82) is 0 Å². The SMILES string of the molecule is Cc1cc(/C=C/C(=O)O)cnc1N1CC(C)C(N(C)C)C1. The van der Waals surface area contributed by atoms with E-state index in [1.165, 1.54) is 0 Å². The Balaban J connectivity index is 2.17. The van der Waals surface area contributed by atoms with Gasteiger partial charge in [-0.05, 0) is 50.2 Å². The summed E-state index contributed by atoms with van der Waals surface area (Å²) in [4.78, 5) is 19.7. The maximum atomic E-state index is 10.5. The largest absolute Gasteiger partial charge is 0.478 e. The number of carboxylic acid groups (broad SMARTS) is 1. The molecule has 2 atom stereocenters. The number of aromatic nitrogens is 1. The number of anilines is 1. The van der Waals surface area contributed by atoms with Crippen molar-refractivity contribution in [3.05, 3.63) is 29.5 Å². The minimum atomic E-state index is -0.945. The molecule has 2 unspecified atom stereocenters. The van der Waals surface area contributed by atoms with E-state index in [1.54, 1.807) is 12.3 Å². The van der Waals surface area contributed by atoms with Crippen LogP contribution in [0.3, 0.4) is 0 Å². The molecule has 114 valence electrons. The summed E-state index contributed by atoms with van der Waals surface area (Å²) in [7, 11) is 4.23. The molecule has 0 amide bonds. The lowest BCUT2D eigenvalue weighted by atomic mass is 10.1. The lowest BCUT2D eigenvalue weighted by molar-refractivity contribution is -0.131. The van der Waals surface area contributed by atoms with E-state index in [1.807, 2.05) is 13.0 Å². The summed E-state index contributed by atoms with van der Waals surface area (Å²) in [6.45, 7) is 6.27. The fraction of sp³-hybridized carbons (Fsp3) is 0.500. The van der Waals surface area contributed by atoms with E-state index in [9.17, 15) is 4.79 Å². The van der Waals surface area contributed by atoms with Gasteiger partial charge in [-0.15, -0.1) is 0 Å². The Morgan fingerprint density at radius 2 is 2.19 bits per heavy atom. The van der Waals surface area contributed by atoms with Crippen molar-refractivity contribution in [2.24, 2.45) is 5.92 Å². The van der Waals surface area contributed by atoms with Gasteiger partial charge in [-0.2, -0.15) is 0 Å². The standard InChI is InChI=1S/C16H23N3O2/c1-11-7-13(5-6-15(20)21)8-17-16(11)19-9-12(2)14(10-19)18(3)4/h5-8,12,14H,9-10H2,1-4H3,(H,20,21)/b6-5+. The zero-order chi connectivity index (χ0) is 15.6. The second-order valence-corrected chi connectivity index (χ2v) is 5.99. The predicted octanol–water partition coefficient (Wildman–Crippen LogP) is 1.87. The summed E-state index contributed by atoms with van der Waals surface area (Å²) in [5.41, 5.74) is 1.89. The van der Waals surface area contributed by atoms with Crippen molar-refractivity contribution in [3.63, 3.8) is 0 Å². The molecule has 5 heteroatoms. The monoisotopic (exact) mass is 289 g/mol. The number of rotatable bonds is 4. The lowest BCUT2D eigenvalue weighted by Gasteiger charge is -2.23. The van der Waals surface area contributed by atoms with Crippen LogP contribution in [-0.4, -0.2) is 54.2 Å². The molecule has 1 N–H and O–H groups in total. The van der Waals surface area contributed by atoms with Crippen LogP contribution < -0.4 is 4.90 Å². The molecule has 0 aromatic carbocycles. The highest BCUT2D eigenvalue weighted by atomic mass is 16.4. The van der Waals surface area contributed by atoms with E-state index >= 15 is 0 Å². The van der Waals surface area contributed by atoms with Crippen LogP contribution >= 0.6 is 0 Å². The van der Waals surface area contributed by atoms with Gasteiger partial charge in [0, 0.05) is 31.4 Å². The van der Waals surface area contributed by atoms with Crippen LogP contribution in [0.1, 0.15) is 18.1 Å². The summed E-state index contributed by atoms with van der Waals surface area (Å²) in [5, 5.41) is 8.66. The van der Waals surface area contributed by atoms with E-state index in [2.05, 4.69) is 35.8 Å². The summed E-state index contributed by atoms with van der Waals surface area (Å²) in [6.07, 6.45) is 4.44. The maximum absolute atomic E-state index is 10.5. The van der Waals surface area contributed by atoms with Crippen molar-refractivity contribution in [2.45, 2.75) is 19.9 Å². The highest BCUT2D eigenvalue weighted by Crippen LogP contribution is 2.27. The Morgan fingerprint density at radius 3 is 2.71 bits per heavy atom. The number of aliphatic carboxylic acids is 1. The Morgan fingerprint density at radius 1 is 1.48 bits per heavy atom. The third kappa shape index (κ3) is 3.61. The first-order valence-corrected chi connectivity index (χ1v) is 7.17. The molecule has 1 fully saturated rings. The van der Waals surface area contributed by atoms with Crippen LogP contribution in [-0.2, 0) is 4.79 Å². The van der Waals surface area contributed by atoms with E-state index in [0.29, 0.717) is 12.0 Å². The van der Waals surface area contributed by atoms with Gasteiger partial charge in [0.15, 0.2) is 0 Å². The van der Waals surface area contributed by atoms with Gasteiger partial charge in [0.1, 0.15) is 5.82 Å². The molecule has 1 aliphatic heterocycles. The van der Waals surface area contributed by atoms with Crippen molar-refractivity contribution < 1.29 is 9.90 Å². The molecule has 21 heavy (non-hydrogen) atoms. The molecular weight excluding hydrogens is 266 g/mol. The van der Waals surface area contributed by atoms with Gasteiger partial charge in [-0.3, -0.25) is 0 Å². The maximum Gasteiger partial charge on any atom is 0.328 e. The quantitative estimate of drug-likeness (QED) is 0.858. The zero-order valence-corrected chi connectivity index (χ0v) is 13.1. The summed E-state index contributed by atoms with van der Waals surface area (Å²) >= 11 is 0. The topological polar surface area (TPSA) is 56.7 Å². The number of hydrogen-bond acceptors (Lipinski definition) is 4. The Bertz CT molecular complexity index is 554. The summed E-state index contributed by atoms with van der Waals surface area (Å²) in [6, 6.07) is 2.52. The molecule has 0 spiro atoms. The number of carbonyl (C=O) groups is 1. The second-order valence-electron chi connectivity index (χ2n) is 5.99. The third-order valence-corrected chi connectivity index (χ3v) is 4.03. The van der Waals surface area contributed by atoms with E-state index in [-0.39, 0.29) is 0 Å². The predicted molar refractivity (Wildman–Crippen MR) is 84.5 cm³/mol. The van der Waals surface area contributed by atoms with Gasteiger partial charge >= 0.3 is 5.97 Å². The van der Waals surface area contributed by atoms with Crippen molar-refractivity contribution in [1.82, 2.24) is 9.88 Å². The van der Waals surface area contributed by atoms with E-state index in [4.69, 9.17) is 5.11 Å². The number of carboxylic acids is 1. The van der Waals surface area contributed by atoms with Gasteiger partial charge in [-0.1, -0.05) is 6.92 Å². The van der Waals surface area contributed by atoms with Gasteiger partial charge in [-0.25, -0.2) is 9.78 Å². The minimum absolute atomic E-state index is 0.540. The van der Waals surface area contributed by atoms with Gasteiger partial charge in [0.2, 0.25) is 0 Å². The van der Waals surface area contributed by atoms with Gasteiger partial charge in [0.05, 0.1) is 0 Å². The molecule has 0 saturated carbocycles. The first-order valence-electron chi connectivity index (χ1n) is 7.17. The van der Waals surface area contributed by atoms with Crippen LogP contribution in [0, 0.1) is 12.8 Å². The van der Waals surface area contributed by atoms with Crippen molar-refractivity contribution >= 4 is 17.9 Å². The van der Waals surface area contributed by atoms with Crippen LogP contribution in [0.5, 0.6) is 0 Å². The fourth-order valence-electron chi connectivity index (χ4n) is 2.97. The van der Waals surface area contributed by atoms with Gasteiger partial charge in [0.25, 0.3) is 0 Å². The molecular formula is C16H23N3O2. The van der Waals surface area contributed by atoms with Crippen LogP contribution in [0.15, 0.2) is 18.3 Å². The Kier molecular flexibility index (Phi) is 4.63. The molecule has 5 nitrogen and oxygen atoms in total. The van der Waals surface area contributed by atoms with Crippen LogP contribution in [0.25, 0.3) is 6.08 Å². The highest BCUT2D eigenvalue weighted by Gasteiger charge is 2.32. The molecule has 1 aromatic heterocycles. The molecule has 2 heterocycles. The number of nitrogens with zero attached hydrogens (tertiary/aromatic N) is 3. The normalized spacial score (nSPS) is 22.4. The van der Waals surface area contributed by atoms with E-state index in [0.717, 1.165) is 36.1 Å². The highest BCUT2D eigenvalue weighted by molar-refractivity contribution is 5.85. The summed E-state index contributed by atoms with van der Waals surface area (Å²) in [5.74, 6) is 0.658. The lowest BCUT2D eigenvalue weighted by Crippen LogP contribution is -2.34. The summed E-state index contributed by atoms with van der Waals surface area (Å²) < 4.78 is 0. The second kappa shape index (κ2) is 6.26. The Labute approximate surface area is 125 Å². The molecule has 2 rings (SSSR count). The molecule has 0 aliphatic carbocycles. The number of likely N-dealkylation sites (N-methyl/N-ethyl adjacent to an activating group) is 1. The van der Waals surface area contributed by atoms with E-state index < -0.39 is 5.97 Å². The molecule has 1 saturated heterocycles. The molecule has 1 aliphatic rings. The fourth-order valence-corrected chi connectivity index (χ4v) is 2.97. The number of aryl methyl sites for hydroxylation is 1. The van der Waals surface area contributed by atoms with Crippen LogP contribution in [0.4, 0.5) is 5.82 Å². The molecule has 0 radical (unpaired) electrons. The van der Waals surface area contributed by atoms with Gasteiger partial charge < -0.3 is 14.9 Å². The van der Waals surface area contributed by atoms with Crippen molar-refractivity contribution in [2.75, 3.05) is 32.1 Å². The smallest absolute Gasteiger partial charge is 0.328 e.